The molecule has 18 heavy (non-hydrogen) atoms. The van der Waals surface area contributed by atoms with Crippen LogP contribution in [0.5, 0.6) is 0 Å². The summed E-state index contributed by atoms with van der Waals surface area (Å²) in [5.74, 6) is 0. The van der Waals surface area contributed by atoms with E-state index in [1.165, 1.54) is 10.3 Å². The van der Waals surface area contributed by atoms with Crippen molar-refractivity contribution < 1.29 is 4.74 Å². The molecule has 0 radical (unpaired) electrons. The molecule has 1 N–H and O–H groups in total. The van der Waals surface area contributed by atoms with Crippen molar-refractivity contribution in [3.8, 4) is 0 Å². The van der Waals surface area contributed by atoms with Gasteiger partial charge >= 0.3 is 0 Å². The zero-order valence-corrected chi connectivity index (χ0v) is 11.6. The average molecular weight is 262 g/mol. The van der Waals surface area contributed by atoms with Gasteiger partial charge in [0.25, 0.3) is 0 Å². The summed E-state index contributed by atoms with van der Waals surface area (Å²) in [4.78, 5) is 4.72. The monoisotopic (exact) mass is 262 g/mol. The first kappa shape index (κ1) is 11.9. The minimum Gasteiger partial charge on any atom is -0.381 e. The van der Waals surface area contributed by atoms with Crippen LogP contribution in [0.25, 0.3) is 10.2 Å². The predicted molar refractivity (Wildman–Crippen MR) is 76.4 cm³/mol. The van der Waals surface area contributed by atoms with Gasteiger partial charge in [0.1, 0.15) is 0 Å². The molecule has 2 heterocycles. The average Bonchev–Trinajstić information content (AvgIpc) is 2.73. The van der Waals surface area contributed by atoms with Gasteiger partial charge in [-0.25, -0.2) is 4.98 Å². The molecule has 0 bridgehead atoms. The van der Waals surface area contributed by atoms with Gasteiger partial charge in [0.15, 0.2) is 5.13 Å². The maximum Gasteiger partial charge on any atom is 0.184 e. The second-order valence-corrected chi connectivity index (χ2v) is 6.27. The summed E-state index contributed by atoms with van der Waals surface area (Å²) in [6.45, 7) is 6.05. The highest BCUT2D eigenvalue weighted by molar-refractivity contribution is 7.22. The number of hydrogen-bond acceptors (Lipinski definition) is 4. The van der Waals surface area contributed by atoms with Crippen LogP contribution in [0.15, 0.2) is 18.2 Å². The molecule has 1 aliphatic heterocycles. The van der Waals surface area contributed by atoms with Crippen LogP contribution in [0.3, 0.4) is 0 Å². The van der Waals surface area contributed by atoms with E-state index in [-0.39, 0.29) is 5.54 Å². The van der Waals surface area contributed by atoms with Gasteiger partial charge in [0.2, 0.25) is 0 Å². The molecule has 0 spiro atoms. The number of nitrogens with one attached hydrogen (secondary N) is 1. The summed E-state index contributed by atoms with van der Waals surface area (Å²) in [5, 5.41) is 4.63. The standard InChI is InChI=1S/C14H18N2OS/c1-10-4-3-5-11-12(10)15-13(18-11)16-14(2)6-8-17-9-7-14/h3-5H,6-9H2,1-2H3,(H,15,16). The normalized spacial score (nSPS) is 19.0. The van der Waals surface area contributed by atoms with Crippen molar-refractivity contribution >= 4 is 26.7 Å². The lowest BCUT2D eigenvalue weighted by molar-refractivity contribution is 0.0658. The molecule has 1 saturated heterocycles. The molecule has 1 aromatic heterocycles. The number of ether oxygens (including phenoxy) is 1. The fourth-order valence-electron chi connectivity index (χ4n) is 2.34. The van der Waals surface area contributed by atoms with E-state index in [1.807, 2.05) is 0 Å². The Balaban J connectivity index is 1.88. The second-order valence-electron chi connectivity index (χ2n) is 5.24. The minimum atomic E-state index is 0.125. The van der Waals surface area contributed by atoms with E-state index in [0.29, 0.717) is 0 Å². The molecule has 0 unspecified atom stereocenters. The number of para-hydroxylation sites is 1. The number of hydrogen-bond donors (Lipinski definition) is 1. The molecule has 0 atom stereocenters. The highest BCUT2D eigenvalue weighted by Crippen LogP contribution is 2.32. The van der Waals surface area contributed by atoms with E-state index in [2.05, 4.69) is 37.4 Å². The molecule has 3 rings (SSSR count). The Morgan fingerprint density at radius 2 is 2.11 bits per heavy atom. The quantitative estimate of drug-likeness (QED) is 0.898. The number of aromatic nitrogens is 1. The van der Waals surface area contributed by atoms with Crippen LogP contribution in [-0.2, 0) is 4.74 Å². The first-order valence-corrected chi connectivity index (χ1v) is 7.20. The lowest BCUT2D eigenvalue weighted by Crippen LogP contribution is -2.40. The van der Waals surface area contributed by atoms with Gasteiger partial charge in [-0.1, -0.05) is 23.5 Å². The van der Waals surface area contributed by atoms with E-state index in [9.17, 15) is 0 Å². The van der Waals surface area contributed by atoms with Gasteiger partial charge in [0, 0.05) is 18.8 Å². The van der Waals surface area contributed by atoms with Gasteiger partial charge in [-0.2, -0.15) is 0 Å². The number of thiazole rings is 1. The van der Waals surface area contributed by atoms with Crippen LogP contribution in [0.2, 0.25) is 0 Å². The maximum absolute atomic E-state index is 5.42. The van der Waals surface area contributed by atoms with Crippen LogP contribution in [-0.4, -0.2) is 23.7 Å². The summed E-state index contributed by atoms with van der Waals surface area (Å²) < 4.78 is 6.68. The van der Waals surface area contributed by atoms with Crippen molar-refractivity contribution in [3.05, 3.63) is 23.8 Å². The third kappa shape index (κ3) is 2.22. The van der Waals surface area contributed by atoms with Crippen molar-refractivity contribution in [2.75, 3.05) is 18.5 Å². The molecule has 96 valence electrons. The summed E-state index contributed by atoms with van der Waals surface area (Å²) in [6.07, 6.45) is 2.09. The Kier molecular flexibility index (Phi) is 2.99. The van der Waals surface area contributed by atoms with Gasteiger partial charge in [0.05, 0.1) is 10.2 Å². The molecule has 2 aromatic rings. The largest absolute Gasteiger partial charge is 0.381 e. The Morgan fingerprint density at radius 1 is 1.33 bits per heavy atom. The van der Waals surface area contributed by atoms with Crippen LogP contribution < -0.4 is 5.32 Å². The van der Waals surface area contributed by atoms with E-state index >= 15 is 0 Å². The molecule has 0 saturated carbocycles. The van der Waals surface area contributed by atoms with Crippen molar-refractivity contribution in [2.24, 2.45) is 0 Å². The molecule has 3 nitrogen and oxygen atoms in total. The smallest absolute Gasteiger partial charge is 0.184 e. The summed E-state index contributed by atoms with van der Waals surface area (Å²) >= 11 is 1.74. The third-order valence-corrected chi connectivity index (χ3v) is 4.56. The van der Waals surface area contributed by atoms with Crippen LogP contribution in [0, 0.1) is 6.92 Å². The SMILES string of the molecule is Cc1cccc2sc(NC3(C)CCOCC3)nc12. The predicted octanol–water partition coefficient (Wildman–Crippen LogP) is 3.59. The van der Waals surface area contributed by atoms with Crippen LogP contribution >= 0.6 is 11.3 Å². The highest BCUT2D eigenvalue weighted by atomic mass is 32.1. The zero-order chi connectivity index (χ0) is 12.6. The zero-order valence-electron chi connectivity index (χ0n) is 10.8. The van der Waals surface area contributed by atoms with E-state index in [4.69, 9.17) is 9.72 Å². The number of fused-ring (bicyclic) bond motifs is 1. The van der Waals surface area contributed by atoms with Crippen molar-refractivity contribution in [1.82, 2.24) is 4.98 Å². The Bertz CT molecular complexity index is 558. The number of rotatable bonds is 2. The van der Waals surface area contributed by atoms with Gasteiger partial charge in [-0.15, -0.1) is 0 Å². The minimum absolute atomic E-state index is 0.125. The summed E-state index contributed by atoms with van der Waals surface area (Å²) in [7, 11) is 0. The first-order valence-electron chi connectivity index (χ1n) is 6.38. The molecule has 1 fully saturated rings. The summed E-state index contributed by atoms with van der Waals surface area (Å²) in [5.41, 5.74) is 2.50. The molecule has 4 heteroatoms. The Morgan fingerprint density at radius 3 is 2.83 bits per heavy atom. The van der Waals surface area contributed by atoms with E-state index < -0.39 is 0 Å². The molecule has 0 aliphatic carbocycles. The number of anilines is 1. The van der Waals surface area contributed by atoms with Crippen molar-refractivity contribution in [3.63, 3.8) is 0 Å². The summed E-state index contributed by atoms with van der Waals surface area (Å²) in [6, 6.07) is 6.34. The third-order valence-electron chi connectivity index (χ3n) is 3.63. The first-order chi connectivity index (χ1) is 8.66. The van der Waals surface area contributed by atoms with E-state index in [1.54, 1.807) is 11.3 Å². The second kappa shape index (κ2) is 4.52. The van der Waals surface area contributed by atoms with Crippen molar-refractivity contribution in [1.29, 1.82) is 0 Å². The fraction of sp³-hybridized carbons (Fsp3) is 0.500. The fourth-order valence-corrected chi connectivity index (χ4v) is 3.44. The lowest BCUT2D eigenvalue weighted by Gasteiger charge is -2.34. The van der Waals surface area contributed by atoms with Gasteiger partial charge in [-0.05, 0) is 38.3 Å². The van der Waals surface area contributed by atoms with Crippen LogP contribution in [0.4, 0.5) is 5.13 Å². The number of nitrogens with zero attached hydrogens (tertiary/aromatic N) is 1. The van der Waals surface area contributed by atoms with E-state index in [0.717, 1.165) is 36.7 Å². The van der Waals surface area contributed by atoms with Crippen LogP contribution in [0.1, 0.15) is 25.3 Å². The molecule has 1 aliphatic rings. The van der Waals surface area contributed by atoms with Crippen molar-refractivity contribution in [2.45, 2.75) is 32.2 Å². The van der Waals surface area contributed by atoms with Gasteiger partial charge in [-0.3, -0.25) is 0 Å². The molecular weight excluding hydrogens is 244 g/mol. The lowest BCUT2D eigenvalue weighted by atomic mass is 9.93. The number of aryl methyl sites for hydroxylation is 1. The maximum atomic E-state index is 5.42. The number of benzene rings is 1. The molecular formula is C14H18N2OS. The topological polar surface area (TPSA) is 34.1 Å². The Hall–Kier alpha value is -1.13. The highest BCUT2D eigenvalue weighted by Gasteiger charge is 2.28. The van der Waals surface area contributed by atoms with Gasteiger partial charge < -0.3 is 10.1 Å². The molecule has 0 amide bonds. The Labute approximate surface area is 111 Å². The molecule has 1 aromatic carbocycles.